The van der Waals surface area contributed by atoms with Gasteiger partial charge in [-0.05, 0) is 42.7 Å². The summed E-state index contributed by atoms with van der Waals surface area (Å²) in [4.78, 5) is 17.8. The number of hydrogen-bond acceptors (Lipinski definition) is 6. The Labute approximate surface area is 210 Å². The SMILES string of the molecule is CCCCOC(=O)C1=C(C)Nc2nc(SCc3ccccc3Cl)nn2C1c1ccc(Br)cc1. The molecule has 1 aromatic heterocycles. The fourth-order valence-corrected chi connectivity index (χ4v) is 4.93. The van der Waals surface area contributed by atoms with Gasteiger partial charge in [-0.15, -0.1) is 5.10 Å². The standard InChI is InChI=1S/C24H24BrClN4O2S/c1-3-4-13-32-22(31)20-15(2)27-23-28-24(33-14-17-7-5-6-8-19(17)26)29-30(23)21(20)16-9-11-18(25)12-10-16/h5-12,21H,3-4,13-14H2,1-2H3,(H,27,28,29). The smallest absolute Gasteiger partial charge is 0.338 e. The minimum Gasteiger partial charge on any atom is -0.462 e. The minimum absolute atomic E-state index is 0.340. The van der Waals surface area contributed by atoms with Crippen molar-refractivity contribution in [1.29, 1.82) is 0 Å². The van der Waals surface area contributed by atoms with Gasteiger partial charge in [-0.25, -0.2) is 9.48 Å². The lowest BCUT2D eigenvalue weighted by Gasteiger charge is -2.28. The Morgan fingerprint density at radius 3 is 2.73 bits per heavy atom. The van der Waals surface area contributed by atoms with Crippen molar-refractivity contribution in [2.24, 2.45) is 0 Å². The first kappa shape index (κ1) is 23.9. The fourth-order valence-electron chi connectivity index (χ4n) is 3.55. The average molecular weight is 548 g/mol. The van der Waals surface area contributed by atoms with Gasteiger partial charge in [0.1, 0.15) is 6.04 Å². The predicted octanol–water partition coefficient (Wildman–Crippen LogP) is 6.62. The fraction of sp³-hybridized carbons (Fsp3) is 0.292. The molecule has 0 saturated heterocycles. The number of thioether (sulfide) groups is 1. The van der Waals surface area contributed by atoms with E-state index in [0.717, 1.165) is 33.5 Å². The Morgan fingerprint density at radius 2 is 2.00 bits per heavy atom. The quantitative estimate of drug-likeness (QED) is 0.194. The normalized spacial score (nSPS) is 15.2. The van der Waals surface area contributed by atoms with Crippen LogP contribution in [0.1, 0.15) is 43.9 Å². The highest BCUT2D eigenvalue weighted by molar-refractivity contribution is 9.10. The van der Waals surface area contributed by atoms with E-state index in [1.807, 2.05) is 55.5 Å². The van der Waals surface area contributed by atoms with Crippen LogP contribution in [0, 0.1) is 0 Å². The molecule has 33 heavy (non-hydrogen) atoms. The number of aromatic nitrogens is 3. The molecule has 0 amide bonds. The van der Waals surface area contributed by atoms with Crippen LogP contribution in [0.2, 0.25) is 5.02 Å². The third kappa shape index (κ3) is 5.45. The molecular formula is C24H24BrClN4O2S. The number of carbonyl (C=O) groups excluding carboxylic acids is 1. The van der Waals surface area contributed by atoms with E-state index in [4.69, 9.17) is 21.4 Å². The number of nitrogens with zero attached hydrogens (tertiary/aromatic N) is 3. The minimum atomic E-state index is -0.439. The van der Waals surface area contributed by atoms with Crippen molar-refractivity contribution >= 4 is 51.2 Å². The average Bonchev–Trinajstić information content (AvgIpc) is 3.20. The van der Waals surface area contributed by atoms with Gasteiger partial charge in [0.15, 0.2) is 0 Å². The van der Waals surface area contributed by atoms with Crippen LogP contribution in [0.4, 0.5) is 5.95 Å². The van der Waals surface area contributed by atoms with Crippen LogP contribution in [-0.2, 0) is 15.3 Å². The first-order chi connectivity index (χ1) is 16.0. The molecule has 0 aliphatic carbocycles. The topological polar surface area (TPSA) is 69.0 Å². The molecule has 2 heterocycles. The number of unbranched alkanes of at least 4 members (excludes halogenated alkanes) is 1. The maximum atomic E-state index is 13.1. The molecule has 1 aliphatic rings. The van der Waals surface area contributed by atoms with Crippen LogP contribution in [0.5, 0.6) is 0 Å². The third-order valence-electron chi connectivity index (χ3n) is 5.28. The number of benzene rings is 2. The van der Waals surface area contributed by atoms with Crippen LogP contribution in [0.25, 0.3) is 0 Å². The monoisotopic (exact) mass is 546 g/mol. The molecule has 2 aromatic carbocycles. The lowest BCUT2D eigenvalue weighted by atomic mass is 9.96. The van der Waals surface area contributed by atoms with Crippen LogP contribution in [0.3, 0.4) is 0 Å². The van der Waals surface area contributed by atoms with Gasteiger partial charge in [-0.1, -0.05) is 83.0 Å². The van der Waals surface area contributed by atoms with Gasteiger partial charge in [0.05, 0.1) is 12.2 Å². The number of nitrogens with one attached hydrogen (secondary N) is 1. The summed E-state index contributed by atoms with van der Waals surface area (Å²) in [6.07, 6.45) is 1.78. The Bertz CT molecular complexity index is 1180. The van der Waals surface area contributed by atoms with Crippen molar-refractivity contribution in [3.63, 3.8) is 0 Å². The Kier molecular flexibility index (Phi) is 7.78. The molecule has 0 saturated carbocycles. The van der Waals surface area contributed by atoms with E-state index in [-0.39, 0.29) is 5.97 Å². The highest BCUT2D eigenvalue weighted by Gasteiger charge is 2.35. The summed E-state index contributed by atoms with van der Waals surface area (Å²) in [7, 11) is 0. The summed E-state index contributed by atoms with van der Waals surface area (Å²) in [5, 5.41) is 9.31. The number of rotatable bonds is 8. The second-order valence-electron chi connectivity index (χ2n) is 7.65. The van der Waals surface area contributed by atoms with Crippen LogP contribution in [-0.4, -0.2) is 27.3 Å². The van der Waals surface area contributed by atoms with Crippen molar-refractivity contribution in [3.05, 3.63) is 80.4 Å². The Balaban J connectivity index is 1.66. The van der Waals surface area contributed by atoms with Crippen molar-refractivity contribution in [3.8, 4) is 0 Å². The third-order valence-corrected chi connectivity index (χ3v) is 7.07. The zero-order valence-corrected chi connectivity index (χ0v) is 21.5. The summed E-state index contributed by atoms with van der Waals surface area (Å²) in [6, 6.07) is 15.2. The van der Waals surface area contributed by atoms with Crippen LogP contribution >= 0.6 is 39.3 Å². The van der Waals surface area contributed by atoms with Crippen molar-refractivity contribution in [1.82, 2.24) is 14.8 Å². The lowest BCUT2D eigenvalue weighted by molar-refractivity contribution is -0.139. The van der Waals surface area contributed by atoms with Crippen LogP contribution in [0.15, 0.2) is 69.4 Å². The molecule has 172 valence electrons. The number of halogens is 2. The maximum absolute atomic E-state index is 13.1. The second-order valence-corrected chi connectivity index (χ2v) is 9.92. The lowest BCUT2D eigenvalue weighted by Crippen LogP contribution is -2.29. The zero-order valence-electron chi connectivity index (χ0n) is 18.3. The zero-order chi connectivity index (χ0) is 23.4. The summed E-state index contributed by atoms with van der Waals surface area (Å²) in [5.41, 5.74) is 3.19. The number of anilines is 1. The number of carbonyl (C=O) groups is 1. The molecule has 1 aliphatic heterocycles. The molecule has 0 bridgehead atoms. The van der Waals surface area contributed by atoms with Gasteiger partial charge in [-0.3, -0.25) is 0 Å². The summed E-state index contributed by atoms with van der Waals surface area (Å²) >= 11 is 11.3. The van der Waals surface area contributed by atoms with Gasteiger partial charge < -0.3 is 10.1 Å². The number of ether oxygens (including phenoxy) is 1. The maximum Gasteiger partial charge on any atom is 0.338 e. The predicted molar refractivity (Wildman–Crippen MR) is 136 cm³/mol. The first-order valence-corrected chi connectivity index (χ1v) is 12.9. The molecule has 0 fully saturated rings. The van der Waals surface area contributed by atoms with Crippen molar-refractivity contribution < 1.29 is 9.53 Å². The van der Waals surface area contributed by atoms with E-state index in [2.05, 4.69) is 33.2 Å². The van der Waals surface area contributed by atoms with E-state index < -0.39 is 6.04 Å². The molecule has 4 rings (SSSR count). The number of allylic oxidation sites excluding steroid dienone is 1. The highest BCUT2D eigenvalue weighted by atomic mass is 79.9. The largest absolute Gasteiger partial charge is 0.462 e. The van der Waals surface area contributed by atoms with E-state index in [1.54, 1.807) is 4.68 Å². The molecule has 1 N–H and O–H groups in total. The second kappa shape index (κ2) is 10.8. The van der Waals surface area contributed by atoms with E-state index >= 15 is 0 Å². The Morgan fingerprint density at radius 1 is 1.24 bits per heavy atom. The summed E-state index contributed by atoms with van der Waals surface area (Å²) in [5.74, 6) is 0.893. The summed E-state index contributed by atoms with van der Waals surface area (Å²) < 4.78 is 8.31. The number of fused-ring (bicyclic) bond motifs is 1. The van der Waals surface area contributed by atoms with E-state index in [1.165, 1.54) is 11.8 Å². The van der Waals surface area contributed by atoms with E-state index in [9.17, 15) is 4.79 Å². The summed E-state index contributed by atoms with van der Waals surface area (Å²) in [6.45, 7) is 4.33. The number of esters is 1. The molecule has 0 radical (unpaired) electrons. The van der Waals surface area contributed by atoms with Crippen molar-refractivity contribution in [2.45, 2.75) is 43.6 Å². The van der Waals surface area contributed by atoms with Crippen LogP contribution < -0.4 is 5.32 Å². The number of hydrogen-bond donors (Lipinski definition) is 1. The molecule has 1 atom stereocenters. The highest BCUT2D eigenvalue weighted by Crippen LogP contribution is 2.37. The van der Waals surface area contributed by atoms with E-state index in [0.29, 0.717) is 34.7 Å². The molecule has 6 nitrogen and oxygen atoms in total. The van der Waals surface area contributed by atoms with Crippen molar-refractivity contribution in [2.75, 3.05) is 11.9 Å². The van der Waals surface area contributed by atoms with Gasteiger partial charge in [0.25, 0.3) is 0 Å². The molecule has 1 unspecified atom stereocenters. The van der Waals surface area contributed by atoms with Gasteiger partial charge in [-0.2, -0.15) is 4.98 Å². The van der Waals surface area contributed by atoms with Gasteiger partial charge >= 0.3 is 5.97 Å². The van der Waals surface area contributed by atoms with Gasteiger partial charge in [0, 0.05) is 20.9 Å². The molecular weight excluding hydrogens is 524 g/mol. The molecule has 0 spiro atoms. The van der Waals surface area contributed by atoms with Gasteiger partial charge in [0.2, 0.25) is 11.1 Å². The first-order valence-electron chi connectivity index (χ1n) is 10.7. The molecule has 3 aromatic rings. The molecule has 9 heteroatoms. The Hall–Kier alpha value is -2.29.